The van der Waals surface area contributed by atoms with Gasteiger partial charge in [0.05, 0.1) is 0 Å². The van der Waals surface area contributed by atoms with Crippen LogP contribution in [0.1, 0.15) is 53.9 Å². The Bertz CT molecular complexity index is 203. The Hall–Kier alpha value is -0.0800. The van der Waals surface area contributed by atoms with Gasteiger partial charge in [-0.15, -0.1) is 0 Å². The van der Waals surface area contributed by atoms with Crippen molar-refractivity contribution in [2.75, 3.05) is 13.1 Å². The molecule has 0 spiro atoms. The van der Waals surface area contributed by atoms with Crippen molar-refractivity contribution in [3.05, 3.63) is 0 Å². The molecule has 0 aromatic carbocycles. The zero-order valence-corrected chi connectivity index (χ0v) is 11.8. The highest BCUT2D eigenvalue weighted by atomic mass is 15.2. The van der Waals surface area contributed by atoms with Crippen LogP contribution in [0.2, 0.25) is 0 Å². The van der Waals surface area contributed by atoms with Gasteiger partial charge in [-0.1, -0.05) is 27.7 Å². The number of likely N-dealkylation sites (tertiary alicyclic amines) is 1. The molecule has 1 rings (SSSR count). The van der Waals surface area contributed by atoms with E-state index in [1.54, 1.807) is 0 Å². The summed E-state index contributed by atoms with van der Waals surface area (Å²) in [5.74, 6) is 1.61. The minimum atomic E-state index is 0.238. The minimum absolute atomic E-state index is 0.238. The van der Waals surface area contributed by atoms with E-state index < -0.39 is 0 Å². The number of nitrogens with zero attached hydrogens (tertiary/aromatic N) is 1. The van der Waals surface area contributed by atoms with Crippen LogP contribution in [0.4, 0.5) is 0 Å². The fraction of sp³-hybridized carbons (Fsp3) is 1.00. The van der Waals surface area contributed by atoms with Gasteiger partial charge in [0.2, 0.25) is 0 Å². The van der Waals surface area contributed by atoms with Gasteiger partial charge in [0.25, 0.3) is 0 Å². The summed E-state index contributed by atoms with van der Waals surface area (Å²) in [5, 5.41) is 0. The summed E-state index contributed by atoms with van der Waals surface area (Å²) in [6.07, 6.45) is 3.71. The van der Waals surface area contributed by atoms with Crippen molar-refractivity contribution in [1.29, 1.82) is 0 Å². The van der Waals surface area contributed by atoms with Crippen molar-refractivity contribution < 1.29 is 0 Å². The molecule has 1 fully saturated rings. The summed E-state index contributed by atoms with van der Waals surface area (Å²) in [7, 11) is 0. The minimum Gasteiger partial charge on any atom is -0.329 e. The Labute approximate surface area is 102 Å². The van der Waals surface area contributed by atoms with Gasteiger partial charge in [-0.05, 0) is 38.0 Å². The molecular formula is C14H30N2. The van der Waals surface area contributed by atoms with Gasteiger partial charge < -0.3 is 5.73 Å². The van der Waals surface area contributed by atoms with E-state index >= 15 is 0 Å². The van der Waals surface area contributed by atoms with Crippen LogP contribution in [0.3, 0.4) is 0 Å². The molecule has 1 heterocycles. The molecule has 0 bridgehead atoms. The topological polar surface area (TPSA) is 29.3 Å². The highest BCUT2D eigenvalue weighted by molar-refractivity contribution is 4.96. The van der Waals surface area contributed by atoms with Crippen LogP contribution in [0.5, 0.6) is 0 Å². The Morgan fingerprint density at radius 3 is 2.19 bits per heavy atom. The molecule has 1 aliphatic rings. The van der Waals surface area contributed by atoms with Crippen molar-refractivity contribution >= 4 is 0 Å². The predicted molar refractivity (Wildman–Crippen MR) is 71.5 cm³/mol. The SMILES string of the molecule is CCC(CC)(CN)N1CC(C)CC(C)C1C. The largest absolute Gasteiger partial charge is 0.329 e. The van der Waals surface area contributed by atoms with E-state index in [0.29, 0.717) is 6.04 Å². The number of piperidine rings is 1. The number of nitrogens with two attached hydrogens (primary N) is 1. The zero-order chi connectivity index (χ0) is 12.3. The Kier molecular flexibility index (Phi) is 4.81. The summed E-state index contributed by atoms with van der Waals surface area (Å²) >= 11 is 0. The van der Waals surface area contributed by atoms with E-state index in [1.165, 1.54) is 25.8 Å². The van der Waals surface area contributed by atoms with Gasteiger partial charge in [-0.2, -0.15) is 0 Å². The standard InChI is InChI=1S/C14H30N2/c1-6-14(7-2,10-15)16-9-11(3)8-12(4)13(16)5/h11-13H,6-10,15H2,1-5H3. The van der Waals surface area contributed by atoms with E-state index in [1.807, 2.05) is 0 Å². The quantitative estimate of drug-likeness (QED) is 0.798. The molecule has 2 heteroatoms. The molecule has 0 aromatic rings. The van der Waals surface area contributed by atoms with Crippen LogP contribution in [-0.4, -0.2) is 29.6 Å². The molecule has 2 N–H and O–H groups in total. The normalized spacial score (nSPS) is 33.0. The Morgan fingerprint density at radius 1 is 1.19 bits per heavy atom. The molecule has 16 heavy (non-hydrogen) atoms. The number of hydrogen-bond acceptors (Lipinski definition) is 2. The smallest absolute Gasteiger partial charge is 0.0329 e. The molecule has 0 aromatic heterocycles. The second-order valence-corrected chi connectivity index (χ2v) is 5.85. The Balaban J connectivity index is 2.89. The first kappa shape index (κ1) is 14.0. The highest BCUT2D eigenvalue weighted by Crippen LogP contribution is 2.35. The maximum atomic E-state index is 6.07. The highest BCUT2D eigenvalue weighted by Gasteiger charge is 2.40. The molecule has 0 amide bonds. The predicted octanol–water partition coefficient (Wildman–Crippen LogP) is 2.87. The van der Waals surface area contributed by atoms with Crippen LogP contribution >= 0.6 is 0 Å². The second kappa shape index (κ2) is 5.50. The third kappa shape index (κ3) is 2.43. The first-order chi connectivity index (χ1) is 7.50. The van der Waals surface area contributed by atoms with Crippen LogP contribution in [-0.2, 0) is 0 Å². The third-order valence-corrected chi connectivity index (χ3v) is 4.90. The molecule has 2 nitrogen and oxygen atoms in total. The molecule has 0 aliphatic carbocycles. The van der Waals surface area contributed by atoms with Crippen molar-refractivity contribution in [2.45, 2.75) is 65.5 Å². The summed E-state index contributed by atoms with van der Waals surface area (Å²) in [6.45, 7) is 13.7. The fourth-order valence-electron chi connectivity index (χ4n) is 3.40. The lowest BCUT2D eigenvalue weighted by atomic mass is 9.79. The monoisotopic (exact) mass is 226 g/mol. The maximum Gasteiger partial charge on any atom is 0.0329 e. The molecule has 3 atom stereocenters. The molecule has 1 saturated heterocycles. The van der Waals surface area contributed by atoms with Gasteiger partial charge in [0.1, 0.15) is 0 Å². The van der Waals surface area contributed by atoms with Crippen LogP contribution < -0.4 is 5.73 Å². The lowest BCUT2D eigenvalue weighted by Gasteiger charge is -2.52. The first-order valence-electron chi connectivity index (χ1n) is 6.97. The van der Waals surface area contributed by atoms with Crippen molar-refractivity contribution in [1.82, 2.24) is 4.90 Å². The van der Waals surface area contributed by atoms with Crippen LogP contribution in [0.25, 0.3) is 0 Å². The second-order valence-electron chi connectivity index (χ2n) is 5.85. The van der Waals surface area contributed by atoms with E-state index in [9.17, 15) is 0 Å². The number of rotatable bonds is 4. The lowest BCUT2D eigenvalue weighted by molar-refractivity contribution is -0.0205. The van der Waals surface area contributed by atoms with E-state index in [2.05, 4.69) is 39.5 Å². The molecule has 1 aliphatic heterocycles. The van der Waals surface area contributed by atoms with E-state index in [-0.39, 0.29) is 5.54 Å². The molecular weight excluding hydrogens is 196 g/mol. The van der Waals surface area contributed by atoms with E-state index in [0.717, 1.165) is 18.4 Å². The van der Waals surface area contributed by atoms with Crippen molar-refractivity contribution in [3.8, 4) is 0 Å². The third-order valence-electron chi connectivity index (χ3n) is 4.90. The van der Waals surface area contributed by atoms with Gasteiger partial charge in [-0.25, -0.2) is 0 Å². The van der Waals surface area contributed by atoms with E-state index in [4.69, 9.17) is 5.73 Å². The van der Waals surface area contributed by atoms with Gasteiger partial charge in [0, 0.05) is 24.7 Å². The van der Waals surface area contributed by atoms with Crippen LogP contribution in [0.15, 0.2) is 0 Å². The molecule has 3 unspecified atom stereocenters. The van der Waals surface area contributed by atoms with Crippen molar-refractivity contribution in [3.63, 3.8) is 0 Å². The lowest BCUT2D eigenvalue weighted by Crippen LogP contribution is -2.61. The van der Waals surface area contributed by atoms with Gasteiger partial charge >= 0.3 is 0 Å². The average Bonchev–Trinajstić information content (AvgIpc) is 2.28. The van der Waals surface area contributed by atoms with Crippen LogP contribution in [0, 0.1) is 11.8 Å². The summed E-state index contributed by atoms with van der Waals surface area (Å²) in [4.78, 5) is 2.70. The summed E-state index contributed by atoms with van der Waals surface area (Å²) in [6, 6.07) is 0.680. The van der Waals surface area contributed by atoms with Gasteiger partial charge in [-0.3, -0.25) is 4.90 Å². The van der Waals surface area contributed by atoms with Gasteiger partial charge in [0.15, 0.2) is 0 Å². The first-order valence-corrected chi connectivity index (χ1v) is 6.97. The summed E-state index contributed by atoms with van der Waals surface area (Å²) < 4.78 is 0. The zero-order valence-electron chi connectivity index (χ0n) is 11.8. The molecule has 0 saturated carbocycles. The average molecular weight is 226 g/mol. The fourth-order valence-corrected chi connectivity index (χ4v) is 3.40. The summed E-state index contributed by atoms with van der Waals surface area (Å²) in [5.41, 5.74) is 6.31. The molecule has 0 radical (unpaired) electrons. The Morgan fingerprint density at radius 2 is 1.75 bits per heavy atom. The number of hydrogen-bond donors (Lipinski definition) is 1. The maximum absolute atomic E-state index is 6.07. The molecule has 96 valence electrons. The van der Waals surface area contributed by atoms with Crippen molar-refractivity contribution in [2.24, 2.45) is 17.6 Å².